The Balaban J connectivity index is 2.01. The van der Waals surface area contributed by atoms with Crippen LogP contribution in [0.5, 0.6) is 0 Å². The van der Waals surface area contributed by atoms with Crippen LogP contribution in [-0.4, -0.2) is 36.8 Å². The van der Waals surface area contributed by atoms with E-state index in [2.05, 4.69) is 38.1 Å². The Kier molecular flexibility index (Phi) is 6.26. The highest BCUT2D eigenvalue weighted by Crippen LogP contribution is 2.32. The highest BCUT2D eigenvalue weighted by atomic mass is 79.9. The summed E-state index contributed by atoms with van der Waals surface area (Å²) in [5.41, 5.74) is 2.05. The van der Waals surface area contributed by atoms with E-state index in [1.807, 2.05) is 31.2 Å². The van der Waals surface area contributed by atoms with Gasteiger partial charge in [-0.3, -0.25) is 0 Å². The van der Waals surface area contributed by atoms with Gasteiger partial charge in [-0.1, -0.05) is 45.8 Å². The molecule has 1 saturated heterocycles. The van der Waals surface area contributed by atoms with E-state index in [9.17, 15) is 13.7 Å². The van der Waals surface area contributed by atoms with Crippen molar-refractivity contribution in [2.75, 3.05) is 13.1 Å². The lowest BCUT2D eigenvalue weighted by Gasteiger charge is -2.28. The molecule has 0 saturated carbocycles. The molecule has 2 aromatic carbocycles. The average molecular weight is 513 g/mol. The molecule has 1 atom stereocenters. The third-order valence-electron chi connectivity index (χ3n) is 4.65. The number of aryl methyl sites for hydroxylation is 1. The second kappa shape index (κ2) is 8.31. The minimum absolute atomic E-state index is 0.222. The number of sulfonamides is 1. The summed E-state index contributed by atoms with van der Waals surface area (Å²) in [5, 5.41) is 9.18. The topological polar surface area (TPSA) is 64.4 Å². The molecule has 0 N–H and O–H groups in total. The molecular weight excluding hydrogens is 494 g/mol. The van der Waals surface area contributed by atoms with E-state index in [0.29, 0.717) is 28.5 Å². The second-order valence-corrected chi connectivity index (χ2v) is 10.2. The number of hydrogen-bond acceptors (Lipinski definition) is 4. The fourth-order valence-electron chi connectivity index (χ4n) is 3.15. The molecule has 1 aliphatic heterocycles. The van der Waals surface area contributed by atoms with E-state index in [-0.39, 0.29) is 17.5 Å². The van der Waals surface area contributed by atoms with Crippen LogP contribution < -0.4 is 0 Å². The zero-order valence-electron chi connectivity index (χ0n) is 14.8. The average Bonchev–Trinajstić information content (AvgIpc) is 3.11. The molecule has 5 nitrogen and oxygen atoms in total. The van der Waals surface area contributed by atoms with Crippen molar-refractivity contribution in [3.63, 3.8) is 0 Å². The van der Waals surface area contributed by atoms with E-state index in [1.165, 1.54) is 4.31 Å². The minimum Gasteiger partial charge on any atom is -0.309 e. The molecule has 0 amide bonds. The van der Waals surface area contributed by atoms with Crippen LogP contribution in [0, 0.1) is 18.4 Å². The summed E-state index contributed by atoms with van der Waals surface area (Å²) >= 11 is 6.74. The lowest BCUT2D eigenvalue weighted by Crippen LogP contribution is -2.41. The van der Waals surface area contributed by atoms with Gasteiger partial charge in [-0.2, -0.15) is 9.57 Å². The molecule has 3 rings (SSSR count). The van der Waals surface area contributed by atoms with Gasteiger partial charge in [0.15, 0.2) is 6.19 Å². The predicted octanol–water partition coefficient (Wildman–Crippen LogP) is 4.27. The maximum atomic E-state index is 13.5. The number of likely N-dealkylation sites (tertiary alicyclic amines) is 1. The monoisotopic (exact) mass is 511 g/mol. The maximum Gasteiger partial charge on any atom is 0.244 e. The first kappa shape index (κ1) is 20.3. The number of nitriles is 1. The van der Waals surface area contributed by atoms with Gasteiger partial charge in [0.1, 0.15) is 0 Å². The van der Waals surface area contributed by atoms with Crippen LogP contribution in [-0.2, 0) is 16.6 Å². The zero-order valence-corrected chi connectivity index (χ0v) is 18.8. The van der Waals surface area contributed by atoms with Crippen molar-refractivity contribution in [1.82, 2.24) is 9.21 Å². The van der Waals surface area contributed by atoms with Gasteiger partial charge >= 0.3 is 0 Å². The number of nitrogens with zero attached hydrogens (tertiary/aromatic N) is 3. The molecule has 0 radical (unpaired) electrons. The molecule has 0 bridgehead atoms. The zero-order chi connectivity index (χ0) is 19.6. The third-order valence-corrected chi connectivity index (χ3v) is 8.04. The van der Waals surface area contributed by atoms with Crippen molar-refractivity contribution in [3.8, 4) is 6.19 Å². The molecule has 2 aromatic rings. The van der Waals surface area contributed by atoms with Crippen LogP contribution in [0.25, 0.3) is 0 Å². The molecular formula is C19H19Br2N3O2S. The van der Waals surface area contributed by atoms with Crippen molar-refractivity contribution in [1.29, 1.82) is 5.26 Å². The number of benzene rings is 2. The Bertz CT molecular complexity index is 971. The summed E-state index contributed by atoms with van der Waals surface area (Å²) in [6.07, 6.45) is 2.76. The molecule has 0 aromatic heterocycles. The Morgan fingerprint density at radius 2 is 1.93 bits per heavy atom. The fraction of sp³-hybridized carbons (Fsp3) is 0.316. The van der Waals surface area contributed by atoms with E-state index >= 15 is 0 Å². The molecule has 0 unspecified atom stereocenters. The Hall–Kier alpha value is -1.40. The van der Waals surface area contributed by atoms with E-state index < -0.39 is 10.0 Å². The highest BCUT2D eigenvalue weighted by Gasteiger charge is 2.36. The van der Waals surface area contributed by atoms with Gasteiger partial charge < -0.3 is 4.90 Å². The van der Waals surface area contributed by atoms with Gasteiger partial charge in [-0.15, -0.1) is 0 Å². The summed E-state index contributed by atoms with van der Waals surface area (Å²) in [5.74, 6) is 0. The SMILES string of the molecule is Cc1ccc(CN([C@@H]2CCN(C#N)C2)S(=O)(=O)c2cc(Br)ccc2Br)cc1. The molecule has 27 heavy (non-hydrogen) atoms. The van der Waals surface area contributed by atoms with Crippen LogP contribution in [0.4, 0.5) is 0 Å². The third kappa shape index (κ3) is 4.54. The van der Waals surface area contributed by atoms with Crippen LogP contribution >= 0.6 is 31.9 Å². The number of halogens is 2. The van der Waals surface area contributed by atoms with Gasteiger partial charge in [0.05, 0.1) is 4.90 Å². The largest absolute Gasteiger partial charge is 0.309 e. The van der Waals surface area contributed by atoms with Crippen molar-refractivity contribution >= 4 is 41.9 Å². The molecule has 1 heterocycles. The lowest BCUT2D eigenvalue weighted by molar-refractivity contribution is 0.314. The van der Waals surface area contributed by atoms with Crippen molar-refractivity contribution < 1.29 is 8.42 Å². The predicted molar refractivity (Wildman–Crippen MR) is 111 cm³/mol. The summed E-state index contributed by atoms with van der Waals surface area (Å²) in [7, 11) is -3.76. The van der Waals surface area contributed by atoms with Crippen molar-refractivity contribution in [2.45, 2.75) is 30.8 Å². The van der Waals surface area contributed by atoms with Crippen LogP contribution in [0.1, 0.15) is 17.5 Å². The Labute approximate surface area is 176 Å². The minimum atomic E-state index is -3.76. The summed E-state index contributed by atoms with van der Waals surface area (Å²) in [6.45, 7) is 3.25. The van der Waals surface area contributed by atoms with E-state index in [4.69, 9.17) is 0 Å². The first-order valence-corrected chi connectivity index (χ1v) is 11.5. The Morgan fingerprint density at radius 1 is 1.22 bits per heavy atom. The molecule has 0 spiro atoms. The standard InChI is InChI=1S/C19H19Br2N3O2S/c1-14-2-4-15(5-3-14)11-24(17-8-9-23(12-17)13-22)27(25,26)19-10-16(20)6-7-18(19)21/h2-7,10,17H,8-9,11-12H2,1H3/t17-/m1/s1. The first-order chi connectivity index (χ1) is 12.8. The summed E-state index contributed by atoms with van der Waals surface area (Å²) in [4.78, 5) is 1.83. The van der Waals surface area contributed by atoms with Gasteiger partial charge in [0, 0.05) is 34.6 Å². The van der Waals surface area contributed by atoms with Crippen LogP contribution in [0.3, 0.4) is 0 Å². The summed E-state index contributed by atoms with van der Waals surface area (Å²) in [6, 6.07) is 12.7. The molecule has 142 valence electrons. The highest BCUT2D eigenvalue weighted by molar-refractivity contribution is 9.11. The van der Waals surface area contributed by atoms with Gasteiger partial charge in [0.25, 0.3) is 0 Å². The molecule has 1 aliphatic rings. The second-order valence-electron chi connectivity index (χ2n) is 6.60. The quantitative estimate of drug-likeness (QED) is 0.561. The lowest BCUT2D eigenvalue weighted by atomic mass is 10.1. The van der Waals surface area contributed by atoms with Gasteiger partial charge in [-0.05, 0) is 53.0 Å². The smallest absolute Gasteiger partial charge is 0.244 e. The van der Waals surface area contributed by atoms with E-state index in [0.717, 1.165) is 11.1 Å². The fourth-order valence-corrected chi connectivity index (χ4v) is 6.25. The van der Waals surface area contributed by atoms with Crippen molar-refractivity contribution in [2.24, 2.45) is 0 Å². The van der Waals surface area contributed by atoms with Gasteiger partial charge in [0.2, 0.25) is 10.0 Å². The normalized spacial score (nSPS) is 17.3. The number of rotatable bonds is 5. The number of hydrogen-bond donors (Lipinski definition) is 0. The summed E-state index contributed by atoms with van der Waals surface area (Å²) < 4.78 is 29.8. The van der Waals surface area contributed by atoms with E-state index in [1.54, 1.807) is 23.1 Å². The van der Waals surface area contributed by atoms with Crippen LogP contribution in [0.2, 0.25) is 0 Å². The molecule has 1 fully saturated rings. The van der Waals surface area contributed by atoms with Crippen LogP contribution in [0.15, 0.2) is 56.3 Å². The van der Waals surface area contributed by atoms with Gasteiger partial charge in [-0.25, -0.2) is 8.42 Å². The van der Waals surface area contributed by atoms with Crippen molar-refractivity contribution in [3.05, 3.63) is 62.5 Å². The maximum absolute atomic E-state index is 13.5. The molecule has 8 heteroatoms. The molecule has 0 aliphatic carbocycles. The first-order valence-electron chi connectivity index (χ1n) is 8.48. The Morgan fingerprint density at radius 3 is 2.56 bits per heavy atom.